The van der Waals surface area contributed by atoms with E-state index in [-0.39, 0.29) is 30.2 Å². The minimum atomic E-state index is -0.221. The Kier molecular flexibility index (Phi) is 2.99. The van der Waals surface area contributed by atoms with E-state index in [2.05, 4.69) is 12.1 Å². The first-order chi connectivity index (χ1) is 10.7. The summed E-state index contributed by atoms with van der Waals surface area (Å²) in [6.07, 6.45) is 2.35. The molecule has 2 aromatic rings. The molecule has 112 valence electrons. The average molecular weight is 296 g/mol. The zero-order chi connectivity index (χ0) is 15.1. The number of fused-ring (bicyclic) bond motifs is 3. The number of piperazine rings is 1. The molecule has 0 unspecified atom stereocenters. The zero-order valence-electron chi connectivity index (χ0n) is 12.1. The van der Waals surface area contributed by atoms with Gasteiger partial charge in [-0.25, -0.2) is 0 Å². The second kappa shape index (κ2) is 5.02. The van der Waals surface area contributed by atoms with Crippen LogP contribution >= 0.6 is 0 Å². The van der Waals surface area contributed by atoms with Crippen molar-refractivity contribution in [3.63, 3.8) is 0 Å². The van der Waals surface area contributed by atoms with Gasteiger partial charge in [-0.3, -0.25) is 9.59 Å². The Morgan fingerprint density at radius 1 is 1.18 bits per heavy atom. The quantitative estimate of drug-likeness (QED) is 0.807. The summed E-state index contributed by atoms with van der Waals surface area (Å²) < 4.78 is 5.17. The van der Waals surface area contributed by atoms with Crippen LogP contribution in [0.2, 0.25) is 0 Å². The van der Waals surface area contributed by atoms with Crippen LogP contribution in [0.25, 0.3) is 0 Å². The maximum Gasteiger partial charge on any atom is 0.290 e. The summed E-state index contributed by atoms with van der Waals surface area (Å²) in [7, 11) is 0. The van der Waals surface area contributed by atoms with Crippen LogP contribution in [0.15, 0.2) is 47.1 Å². The van der Waals surface area contributed by atoms with Gasteiger partial charge in [0.25, 0.3) is 5.91 Å². The highest BCUT2D eigenvalue weighted by Gasteiger charge is 2.38. The molecule has 2 aliphatic heterocycles. The molecule has 0 N–H and O–H groups in total. The van der Waals surface area contributed by atoms with Gasteiger partial charge >= 0.3 is 0 Å². The fourth-order valence-corrected chi connectivity index (χ4v) is 3.39. The first-order valence-electron chi connectivity index (χ1n) is 7.44. The normalized spacial score (nSPS) is 20.5. The van der Waals surface area contributed by atoms with Crippen LogP contribution in [-0.2, 0) is 11.2 Å². The summed E-state index contributed by atoms with van der Waals surface area (Å²) in [5.41, 5.74) is 2.42. The molecule has 22 heavy (non-hydrogen) atoms. The minimum absolute atomic E-state index is 0.00524. The van der Waals surface area contributed by atoms with Gasteiger partial charge in [0.2, 0.25) is 5.91 Å². The molecule has 1 fully saturated rings. The molecule has 5 nitrogen and oxygen atoms in total. The summed E-state index contributed by atoms with van der Waals surface area (Å²) in [4.78, 5) is 28.4. The van der Waals surface area contributed by atoms with Crippen LogP contribution in [0.4, 0.5) is 0 Å². The van der Waals surface area contributed by atoms with E-state index >= 15 is 0 Å². The van der Waals surface area contributed by atoms with Gasteiger partial charge in [0.15, 0.2) is 5.76 Å². The Hall–Kier alpha value is -2.56. The largest absolute Gasteiger partial charge is 0.459 e. The third-order valence-corrected chi connectivity index (χ3v) is 4.47. The van der Waals surface area contributed by atoms with Crippen LogP contribution in [0, 0.1) is 0 Å². The number of hydrogen-bond acceptors (Lipinski definition) is 3. The van der Waals surface area contributed by atoms with Gasteiger partial charge in [-0.05, 0) is 29.7 Å². The highest BCUT2D eigenvalue weighted by Crippen LogP contribution is 2.33. The van der Waals surface area contributed by atoms with E-state index in [1.165, 1.54) is 11.8 Å². The molecule has 0 bridgehead atoms. The van der Waals surface area contributed by atoms with Gasteiger partial charge < -0.3 is 14.2 Å². The van der Waals surface area contributed by atoms with Gasteiger partial charge in [-0.15, -0.1) is 0 Å². The molecule has 0 spiro atoms. The van der Waals surface area contributed by atoms with E-state index in [1.54, 1.807) is 17.0 Å². The third kappa shape index (κ3) is 2.01. The zero-order valence-corrected chi connectivity index (χ0v) is 12.1. The first-order valence-corrected chi connectivity index (χ1v) is 7.44. The molecule has 1 saturated heterocycles. The average Bonchev–Trinajstić information content (AvgIpc) is 3.08. The summed E-state index contributed by atoms with van der Waals surface area (Å²) in [6.45, 7) is 1.36. The molecule has 4 rings (SSSR count). The van der Waals surface area contributed by atoms with Crippen molar-refractivity contribution in [2.75, 3.05) is 19.6 Å². The molecule has 0 radical (unpaired) electrons. The number of carbonyl (C=O) groups is 2. The summed E-state index contributed by atoms with van der Waals surface area (Å²) in [5.74, 6) is 0.0667. The van der Waals surface area contributed by atoms with E-state index in [1.807, 2.05) is 17.0 Å². The predicted molar refractivity (Wildman–Crippen MR) is 79.2 cm³/mol. The van der Waals surface area contributed by atoms with Crippen LogP contribution in [-0.4, -0.2) is 41.2 Å². The molecule has 0 saturated carbocycles. The van der Waals surface area contributed by atoms with E-state index in [0.29, 0.717) is 6.54 Å². The molecule has 5 heteroatoms. The van der Waals surface area contributed by atoms with Gasteiger partial charge in [0.1, 0.15) is 6.54 Å². The fraction of sp³-hybridized carbons (Fsp3) is 0.294. The van der Waals surface area contributed by atoms with Crippen LogP contribution < -0.4 is 0 Å². The van der Waals surface area contributed by atoms with Crippen molar-refractivity contribution in [1.82, 2.24) is 9.80 Å². The van der Waals surface area contributed by atoms with Crippen molar-refractivity contribution in [2.24, 2.45) is 0 Å². The van der Waals surface area contributed by atoms with Crippen LogP contribution in [0.1, 0.15) is 27.7 Å². The topological polar surface area (TPSA) is 53.8 Å². The van der Waals surface area contributed by atoms with Crippen molar-refractivity contribution in [2.45, 2.75) is 12.5 Å². The molecule has 1 aromatic carbocycles. The summed E-state index contributed by atoms with van der Waals surface area (Å²) in [5, 5.41) is 0. The van der Waals surface area contributed by atoms with E-state index in [9.17, 15) is 9.59 Å². The number of hydrogen-bond donors (Lipinski definition) is 0. The van der Waals surface area contributed by atoms with E-state index < -0.39 is 0 Å². The number of amides is 2. The molecule has 0 aliphatic carbocycles. The number of benzene rings is 1. The van der Waals surface area contributed by atoms with Crippen LogP contribution in [0.3, 0.4) is 0 Å². The lowest BCUT2D eigenvalue weighted by Crippen LogP contribution is -2.55. The van der Waals surface area contributed by atoms with Crippen molar-refractivity contribution in [3.05, 3.63) is 59.5 Å². The summed E-state index contributed by atoms with van der Waals surface area (Å²) >= 11 is 0. The van der Waals surface area contributed by atoms with Crippen molar-refractivity contribution in [1.29, 1.82) is 0 Å². The third-order valence-electron chi connectivity index (χ3n) is 4.47. The van der Waals surface area contributed by atoms with Gasteiger partial charge in [0.05, 0.1) is 12.3 Å². The van der Waals surface area contributed by atoms with Crippen molar-refractivity contribution in [3.8, 4) is 0 Å². The Labute approximate surface area is 128 Å². The SMILES string of the molecule is O=C(c1ccco1)N1CC(=O)N2CCc3ccccc3[C@H]2C1. The Morgan fingerprint density at radius 3 is 2.86 bits per heavy atom. The smallest absolute Gasteiger partial charge is 0.290 e. The van der Waals surface area contributed by atoms with Crippen molar-refractivity contribution >= 4 is 11.8 Å². The van der Waals surface area contributed by atoms with Gasteiger partial charge in [-0.2, -0.15) is 0 Å². The number of carbonyl (C=O) groups excluding carboxylic acids is 2. The molecular weight excluding hydrogens is 280 g/mol. The second-order valence-corrected chi connectivity index (χ2v) is 5.71. The highest BCUT2D eigenvalue weighted by molar-refractivity contribution is 5.95. The lowest BCUT2D eigenvalue weighted by Gasteiger charge is -2.44. The maximum atomic E-state index is 12.5. The molecule has 1 atom stereocenters. The van der Waals surface area contributed by atoms with E-state index in [0.717, 1.165) is 18.5 Å². The molecule has 1 aromatic heterocycles. The molecule has 2 aliphatic rings. The summed E-state index contributed by atoms with van der Waals surface area (Å²) in [6, 6.07) is 11.4. The second-order valence-electron chi connectivity index (χ2n) is 5.71. The fourth-order valence-electron chi connectivity index (χ4n) is 3.39. The van der Waals surface area contributed by atoms with Crippen molar-refractivity contribution < 1.29 is 14.0 Å². The monoisotopic (exact) mass is 296 g/mol. The predicted octanol–water partition coefficient (Wildman–Crippen LogP) is 1.86. The maximum absolute atomic E-state index is 12.5. The Morgan fingerprint density at radius 2 is 2.05 bits per heavy atom. The molecule has 3 heterocycles. The van der Waals surface area contributed by atoms with Gasteiger partial charge in [-0.1, -0.05) is 24.3 Å². The lowest BCUT2D eigenvalue weighted by molar-refractivity contribution is -0.139. The minimum Gasteiger partial charge on any atom is -0.459 e. The molecule has 2 amide bonds. The van der Waals surface area contributed by atoms with Crippen LogP contribution in [0.5, 0.6) is 0 Å². The highest BCUT2D eigenvalue weighted by atomic mass is 16.3. The first kappa shape index (κ1) is 13.1. The molecular formula is C17H16N2O3. The number of rotatable bonds is 1. The Balaban J connectivity index is 1.66. The standard InChI is InChI=1S/C17H16N2O3/c20-16-11-18(17(21)15-6-3-9-22-15)10-14-13-5-2-1-4-12(13)7-8-19(14)16/h1-6,9,14H,7-8,10-11H2/t14-/m1/s1. The van der Waals surface area contributed by atoms with E-state index in [4.69, 9.17) is 4.42 Å². The Bertz CT molecular complexity index is 723. The number of nitrogens with zero attached hydrogens (tertiary/aromatic N) is 2. The lowest BCUT2D eigenvalue weighted by atomic mass is 9.90. The van der Waals surface area contributed by atoms with Gasteiger partial charge in [0, 0.05) is 13.1 Å². The number of furan rings is 1.